The van der Waals surface area contributed by atoms with Gasteiger partial charge in [-0.2, -0.15) is 16.3 Å². The standard InChI is InChI=1S/C11H17Si.C10H15.2ClH.Zr/c1-3-12(7-4-8-12)11-6-5-10(2)9-11;1-7-6-10(4,5)9(3)8(7)2;;;/h5H,3-4,6-8H2,1-2H3;1-5H3;2*1H;/q2*-1;;;+4/p-2. The number of hydrogen-bond donors (Lipinski definition) is 0. The molecule has 4 heteroatoms. The van der Waals surface area contributed by atoms with E-state index in [4.69, 9.17) is 0 Å². The summed E-state index contributed by atoms with van der Waals surface area (Å²) in [5.74, 6) is 0. The first kappa shape index (κ1) is 27.9. The maximum atomic E-state index is 3.59. The van der Waals surface area contributed by atoms with Gasteiger partial charge in [0, 0.05) is 0 Å². The summed E-state index contributed by atoms with van der Waals surface area (Å²) in [5.41, 5.74) is 5.78. The quantitative estimate of drug-likeness (QED) is 0.406. The van der Waals surface area contributed by atoms with Crippen LogP contribution in [0.25, 0.3) is 0 Å². The van der Waals surface area contributed by atoms with Crippen molar-refractivity contribution < 1.29 is 51.0 Å². The van der Waals surface area contributed by atoms with Crippen LogP contribution in [-0.4, -0.2) is 8.07 Å². The van der Waals surface area contributed by atoms with Gasteiger partial charge in [0.1, 0.15) is 0 Å². The minimum Gasteiger partial charge on any atom is -1.00 e. The van der Waals surface area contributed by atoms with Crippen molar-refractivity contribution in [1.29, 1.82) is 0 Å². The Morgan fingerprint density at radius 3 is 1.84 bits per heavy atom. The topological polar surface area (TPSA) is 0 Å². The molecule has 0 nitrogen and oxygen atoms in total. The predicted octanol–water partition coefficient (Wildman–Crippen LogP) is 0.595. The number of hydrogen-bond acceptors (Lipinski definition) is 0. The Hall–Kier alpha value is 0.640. The van der Waals surface area contributed by atoms with E-state index in [0.717, 1.165) is 0 Å². The fourth-order valence-corrected chi connectivity index (χ4v) is 7.76. The molecule has 1 saturated heterocycles. The van der Waals surface area contributed by atoms with Crippen molar-refractivity contribution in [2.75, 3.05) is 0 Å². The molecular formula is C21H32Cl2SiZr. The van der Waals surface area contributed by atoms with Crippen LogP contribution < -0.4 is 24.8 Å². The van der Waals surface area contributed by atoms with Gasteiger partial charge in [-0.05, 0) is 0 Å². The van der Waals surface area contributed by atoms with Crippen LogP contribution in [0.1, 0.15) is 61.3 Å². The van der Waals surface area contributed by atoms with E-state index in [0.29, 0.717) is 0 Å². The van der Waals surface area contributed by atoms with Crippen molar-refractivity contribution in [3.05, 3.63) is 45.7 Å². The molecule has 0 unspecified atom stereocenters. The average molecular weight is 475 g/mol. The van der Waals surface area contributed by atoms with E-state index in [1.54, 1.807) is 17.3 Å². The summed E-state index contributed by atoms with van der Waals surface area (Å²) in [6, 6.07) is 4.55. The van der Waals surface area contributed by atoms with Crippen molar-refractivity contribution in [1.82, 2.24) is 0 Å². The summed E-state index contributed by atoms with van der Waals surface area (Å²) < 4.78 is 0. The molecule has 0 amide bonds. The largest absolute Gasteiger partial charge is 4.00 e. The van der Waals surface area contributed by atoms with Crippen LogP contribution in [0.5, 0.6) is 0 Å². The second-order valence-corrected chi connectivity index (χ2v) is 12.7. The second kappa shape index (κ2) is 10.8. The minimum atomic E-state index is -0.872. The van der Waals surface area contributed by atoms with E-state index in [1.807, 2.05) is 0 Å². The van der Waals surface area contributed by atoms with Crippen LogP contribution in [-0.2, 0) is 26.2 Å². The Bertz CT molecular complexity index is 573. The van der Waals surface area contributed by atoms with Crippen LogP contribution in [0.2, 0.25) is 18.1 Å². The molecule has 0 aromatic carbocycles. The van der Waals surface area contributed by atoms with Gasteiger partial charge in [-0.15, -0.1) is 13.3 Å². The van der Waals surface area contributed by atoms with Gasteiger partial charge >= 0.3 is 26.2 Å². The molecule has 0 N–H and O–H groups in total. The molecule has 3 rings (SSSR count). The van der Waals surface area contributed by atoms with Gasteiger partial charge < -0.3 is 24.8 Å². The van der Waals surface area contributed by atoms with Crippen molar-refractivity contribution in [2.24, 2.45) is 5.41 Å². The van der Waals surface area contributed by atoms with E-state index in [-0.39, 0.29) is 56.4 Å². The first-order valence-electron chi connectivity index (χ1n) is 8.82. The summed E-state index contributed by atoms with van der Waals surface area (Å²) >= 11 is 0. The summed E-state index contributed by atoms with van der Waals surface area (Å²) in [7, 11) is -0.872. The normalized spacial score (nSPS) is 22.0. The third-order valence-electron chi connectivity index (χ3n) is 6.15. The van der Waals surface area contributed by atoms with Crippen molar-refractivity contribution in [3.8, 4) is 0 Å². The van der Waals surface area contributed by atoms with Crippen LogP contribution in [0.3, 0.4) is 0 Å². The zero-order valence-corrected chi connectivity index (χ0v) is 21.8. The van der Waals surface area contributed by atoms with Gasteiger partial charge in [-0.1, -0.05) is 71.5 Å². The molecule has 1 aliphatic heterocycles. The van der Waals surface area contributed by atoms with E-state index < -0.39 is 8.07 Å². The van der Waals surface area contributed by atoms with Gasteiger partial charge in [-0.25, -0.2) is 17.2 Å². The van der Waals surface area contributed by atoms with Crippen LogP contribution in [0, 0.1) is 17.6 Å². The molecule has 138 valence electrons. The molecule has 0 aromatic rings. The summed E-state index contributed by atoms with van der Waals surface area (Å²) in [6.07, 6.45) is 12.1. The maximum Gasteiger partial charge on any atom is 4.00 e. The summed E-state index contributed by atoms with van der Waals surface area (Å²) in [6.45, 7) is 15.5. The maximum absolute atomic E-state index is 3.59. The first-order chi connectivity index (χ1) is 10.2. The van der Waals surface area contributed by atoms with Crippen LogP contribution in [0.15, 0.2) is 33.6 Å². The summed E-state index contributed by atoms with van der Waals surface area (Å²) in [5, 5.41) is 1.73. The molecule has 1 fully saturated rings. The number of allylic oxidation sites excluding steroid dienone is 8. The minimum absolute atomic E-state index is 0. The van der Waals surface area contributed by atoms with E-state index in [9.17, 15) is 0 Å². The fraction of sp³-hybridized carbons (Fsp3) is 0.619. The molecule has 0 aromatic heterocycles. The SMILES string of the molecule is CC1=[C-]C(C)(C)C(C)=C1C.CC[Si]1(C2=[C-]C(C)=CC2)CCC1.[Cl-].[Cl-].[Zr+4]. The van der Waals surface area contributed by atoms with Gasteiger partial charge in [0.2, 0.25) is 0 Å². The average Bonchev–Trinajstić information content (AvgIpc) is 2.89. The number of halogens is 2. The Labute approximate surface area is 188 Å². The zero-order valence-electron chi connectivity index (χ0n) is 16.9. The Balaban J connectivity index is 0. The van der Waals surface area contributed by atoms with E-state index in [1.165, 1.54) is 41.2 Å². The smallest absolute Gasteiger partial charge is 1.00 e. The molecule has 0 spiro atoms. The van der Waals surface area contributed by atoms with Gasteiger partial charge in [0.25, 0.3) is 0 Å². The van der Waals surface area contributed by atoms with Gasteiger partial charge in [-0.3, -0.25) is 12.2 Å². The van der Waals surface area contributed by atoms with Gasteiger partial charge in [0.15, 0.2) is 0 Å². The van der Waals surface area contributed by atoms with Crippen molar-refractivity contribution in [2.45, 2.75) is 79.4 Å². The molecule has 0 atom stereocenters. The molecule has 0 bridgehead atoms. The Morgan fingerprint density at radius 2 is 1.64 bits per heavy atom. The second-order valence-electron chi connectivity index (χ2n) is 7.81. The molecule has 2 aliphatic carbocycles. The van der Waals surface area contributed by atoms with Crippen molar-refractivity contribution >= 4 is 8.07 Å². The third kappa shape index (κ3) is 6.06. The Morgan fingerprint density at radius 1 is 1.08 bits per heavy atom. The number of rotatable bonds is 2. The third-order valence-corrected chi connectivity index (χ3v) is 11.7. The molecule has 25 heavy (non-hydrogen) atoms. The van der Waals surface area contributed by atoms with E-state index >= 15 is 0 Å². The predicted molar refractivity (Wildman–Crippen MR) is 100 cm³/mol. The van der Waals surface area contributed by atoms with Crippen LogP contribution >= 0.6 is 0 Å². The molecule has 3 aliphatic rings. The molecule has 1 heterocycles. The molecule has 0 saturated carbocycles. The fourth-order valence-electron chi connectivity index (χ4n) is 3.82. The monoisotopic (exact) mass is 472 g/mol. The first-order valence-corrected chi connectivity index (χ1v) is 11.4. The summed E-state index contributed by atoms with van der Waals surface area (Å²) in [4.78, 5) is 0. The van der Waals surface area contributed by atoms with Crippen molar-refractivity contribution in [3.63, 3.8) is 0 Å². The zero-order chi connectivity index (χ0) is 16.5. The molecular weight excluding hydrogens is 442 g/mol. The van der Waals surface area contributed by atoms with E-state index in [2.05, 4.69) is 66.7 Å². The molecule has 0 radical (unpaired) electrons. The van der Waals surface area contributed by atoms with Crippen LogP contribution in [0.4, 0.5) is 0 Å². The van der Waals surface area contributed by atoms with Gasteiger partial charge in [0.05, 0.1) is 8.07 Å². The Kier molecular flexibility index (Phi) is 12.1.